The molecule has 3 N–H and O–H groups in total. The number of nitrogens with one attached hydrogen (secondary N) is 2. The summed E-state index contributed by atoms with van der Waals surface area (Å²) in [4.78, 5) is 20.9. The van der Waals surface area contributed by atoms with Crippen LogP contribution in [-0.4, -0.2) is 21.3 Å². The number of carboxylic acid groups (broad SMARTS) is 1. The van der Waals surface area contributed by atoms with Crippen LogP contribution in [0.4, 0.5) is 0 Å². The Bertz CT molecular complexity index is 312. The number of hydrogen-bond acceptors (Lipinski definition) is 2. The summed E-state index contributed by atoms with van der Waals surface area (Å²) < 4.78 is 0. The maximum atomic E-state index is 10.5. The molecule has 60 valence electrons. The molecule has 0 saturated carbocycles. The summed E-state index contributed by atoms with van der Waals surface area (Å²) in [5.74, 6) is -1.63. The molecule has 1 rings (SSSR count). The first-order valence-electron chi connectivity index (χ1n) is 3.11. The van der Waals surface area contributed by atoms with Gasteiger partial charge in [0.05, 0.1) is 11.6 Å². The second-order valence-electron chi connectivity index (χ2n) is 2.27. The molecule has 0 aliphatic heterocycles. The van der Waals surface area contributed by atoms with Gasteiger partial charge in [-0.25, -0.2) is 0 Å². The molecule has 1 unspecified atom stereocenters. The fourth-order valence-corrected chi connectivity index (χ4v) is 0.713. The molecule has 0 aromatic carbocycles. The maximum absolute atomic E-state index is 10.5. The SMILES string of the molecule is CC(C(=O)O)c1cc(=O)[nH][nH]1. The van der Waals surface area contributed by atoms with E-state index >= 15 is 0 Å². The van der Waals surface area contributed by atoms with E-state index in [1.807, 2.05) is 0 Å². The van der Waals surface area contributed by atoms with Crippen molar-refractivity contribution in [2.75, 3.05) is 0 Å². The van der Waals surface area contributed by atoms with Crippen molar-refractivity contribution in [3.63, 3.8) is 0 Å². The van der Waals surface area contributed by atoms with E-state index in [0.29, 0.717) is 5.69 Å². The molecule has 0 amide bonds. The summed E-state index contributed by atoms with van der Waals surface area (Å²) in [7, 11) is 0. The van der Waals surface area contributed by atoms with Crippen LogP contribution >= 0.6 is 0 Å². The molecule has 0 radical (unpaired) electrons. The van der Waals surface area contributed by atoms with Gasteiger partial charge < -0.3 is 10.2 Å². The Balaban J connectivity index is 2.93. The highest BCUT2D eigenvalue weighted by Gasteiger charge is 2.14. The molecule has 5 heteroatoms. The van der Waals surface area contributed by atoms with Crippen molar-refractivity contribution in [2.45, 2.75) is 12.8 Å². The number of rotatable bonds is 2. The maximum Gasteiger partial charge on any atom is 0.312 e. The van der Waals surface area contributed by atoms with Crippen molar-refractivity contribution in [3.8, 4) is 0 Å². The molecule has 0 aliphatic rings. The third-order valence-corrected chi connectivity index (χ3v) is 1.45. The van der Waals surface area contributed by atoms with Crippen molar-refractivity contribution in [2.24, 2.45) is 0 Å². The Morgan fingerprint density at radius 1 is 1.64 bits per heavy atom. The number of aromatic amines is 2. The Morgan fingerprint density at radius 2 is 2.27 bits per heavy atom. The van der Waals surface area contributed by atoms with Crippen LogP contribution in [0.5, 0.6) is 0 Å². The Kier molecular flexibility index (Phi) is 1.80. The number of carboxylic acids is 1. The molecule has 1 atom stereocenters. The first-order chi connectivity index (χ1) is 5.11. The smallest absolute Gasteiger partial charge is 0.312 e. The Hall–Kier alpha value is -1.52. The highest BCUT2D eigenvalue weighted by atomic mass is 16.4. The van der Waals surface area contributed by atoms with Crippen molar-refractivity contribution in [1.29, 1.82) is 0 Å². The van der Waals surface area contributed by atoms with E-state index in [-0.39, 0.29) is 5.56 Å². The van der Waals surface area contributed by atoms with E-state index in [9.17, 15) is 9.59 Å². The van der Waals surface area contributed by atoms with Gasteiger partial charge in [0, 0.05) is 6.07 Å². The normalized spacial score (nSPS) is 12.8. The lowest BCUT2D eigenvalue weighted by atomic mass is 10.1. The zero-order chi connectivity index (χ0) is 8.43. The van der Waals surface area contributed by atoms with Crippen LogP contribution < -0.4 is 5.56 Å². The van der Waals surface area contributed by atoms with Gasteiger partial charge in [0.15, 0.2) is 0 Å². The lowest BCUT2D eigenvalue weighted by Crippen LogP contribution is -2.07. The number of H-pyrrole nitrogens is 2. The average molecular weight is 156 g/mol. The lowest BCUT2D eigenvalue weighted by Gasteiger charge is -1.99. The molecule has 5 nitrogen and oxygen atoms in total. The molecule has 1 aromatic heterocycles. The highest BCUT2D eigenvalue weighted by Crippen LogP contribution is 2.08. The average Bonchev–Trinajstić information content (AvgIpc) is 2.34. The number of hydrogen-bond donors (Lipinski definition) is 3. The van der Waals surface area contributed by atoms with Crippen LogP contribution in [0.2, 0.25) is 0 Å². The van der Waals surface area contributed by atoms with E-state index in [1.54, 1.807) is 0 Å². The van der Waals surface area contributed by atoms with Gasteiger partial charge in [-0.15, -0.1) is 0 Å². The quantitative estimate of drug-likeness (QED) is 0.558. The number of aromatic nitrogens is 2. The largest absolute Gasteiger partial charge is 0.481 e. The van der Waals surface area contributed by atoms with Crippen molar-refractivity contribution >= 4 is 5.97 Å². The number of aliphatic carboxylic acids is 1. The van der Waals surface area contributed by atoms with Gasteiger partial charge in [-0.05, 0) is 6.92 Å². The summed E-state index contributed by atoms with van der Waals surface area (Å²) >= 11 is 0. The van der Waals surface area contributed by atoms with Crippen LogP contribution in [0.3, 0.4) is 0 Å². The van der Waals surface area contributed by atoms with Crippen LogP contribution in [0.25, 0.3) is 0 Å². The molecule has 0 aliphatic carbocycles. The highest BCUT2D eigenvalue weighted by molar-refractivity contribution is 5.74. The van der Waals surface area contributed by atoms with Gasteiger partial charge >= 0.3 is 5.97 Å². The Morgan fingerprint density at radius 3 is 2.64 bits per heavy atom. The molecule has 11 heavy (non-hydrogen) atoms. The minimum Gasteiger partial charge on any atom is -0.481 e. The molecule has 0 bridgehead atoms. The molecular formula is C6H8N2O3. The molecule has 1 aromatic rings. The molecule has 0 fully saturated rings. The van der Waals surface area contributed by atoms with E-state index in [2.05, 4.69) is 10.2 Å². The van der Waals surface area contributed by atoms with Gasteiger partial charge in [-0.1, -0.05) is 0 Å². The first kappa shape index (κ1) is 7.59. The van der Waals surface area contributed by atoms with Gasteiger partial charge in [-0.3, -0.25) is 14.7 Å². The monoisotopic (exact) mass is 156 g/mol. The van der Waals surface area contributed by atoms with Gasteiger partial charge in [0.25, 0.3) is 5.56 Å². The zero-order valence-electron chi connectivity index (χ0n) is 5.92. The van der Waals surface area contributed by atoms with Crippen molar-refractivity contribution in [3.05, 3.63) is 22.1 Å². The standard InChI is InChI=1S/C6H8N2O3/c1-3(6(10)11)4-2-5(9)8-7-4/h2-3H,1H3,(H,10,11)(H2,7,8,9). The lowest BCUT2D eigenvalue weighted by molar-refractivity contribution is -0.138. The topological polar surface area (TPSA) is 85.9 Å². The second-order valence-corrected chi connectivity index (χ2v) is 2.27. The summed E-state index contributed by atoms with van der Waals surface area (Å²) in [6.45, 7) is 1.50. The molecule has 1 heterocycles. The van der Waals surface area contributed by atoms with Gasteiger partial charge in [0.1, 0.15) is 0 Å². The van der Waals surface area contributed by atoms with E-state index in [1.165, 1.54) is 13.0 Å². The van der Waals surface area contributed by atoms with E-state index in [0.717, 1.165) is 0 Å². The van der Waals surface area contributed by atoms with Crippen LogP contribution in [-0.2, 0) is 4.79 Å². The van der Waals surface area contributed by atoms with Crippen molar-refractivity contribution in [1.82, 2.24) is 10.2 Å². The van der Waals surface area contributed by atoms with E-state index in [4.69, 9.17) is 5.11 Å². The predicted molar refractivity (Wildman–Crippen MR) is 37.5 cm³/mol. The third kappa shape index (κ3) is 1.49. The zero-order valence-corrected chi connectivity index (χ0v) is 5.92. The van der Waals surface area contributed by atoms with E-state index < -0.39 is 11.9 Å². The minimum atomic E-state index is -0.958. The van der Waals surface area contributed by atoms with Crippen molar-refractivity contribution < 1.29 is 9.90 Å². The van der Waals surface area contributed by atoms with Gasteiger partial charge in [-0.2, -0.15) is 0 Å². The summed E-state index contributed by atoms with van der Waals surface area (Å²) in [5.41, 5.74) is 0.0793. The Labute approximate surface area is 62.0 Å². The fourth-order valence-electron chi connectivity index (χ4n) is 0.713. The molecule has 0 saturated heterocycles. The summed E-state index contributed by atoms with van der Waals surface area (Å²) in [6, 6.07) is 1.23. The van der Waals surface area contributed by atoms with Crippen LogP contribution in [0.15, 0.2) is 10.9 Å². The van der Waals surface area contributed by atoms with Gasteiger partial charge in [0.2, 0.25) is 0 Å². The number of carbonyl (C=O) groups is 1. The molecule has 0 spiro atoms. The summed E-state index contributed by atoms with van der Waals surface area (Å²) in [5, 5.41) is 13.2. The first-order valence-corrected chi connectivity index (χ1v) is 3.11. The van der Waals surface area contributed by atoms with Crippen LogP contribution in [0.1, 0.15) is 18.5 Å². The summed E-state index contributed by atoms with van der Waals surface area (Å²) in [6.07, 6.45) is 0. The predicted octanol–water partition coefficient (Wildman–Crippen LogP) is -0.109. The third-order valence-electron chi connectivity index (χ3n) is 1.45. The minimum absolute atomic E-state index is 0.312. The molecular weight excluding hydrogens is 148 g/mol. The second kappa shape index (κ2) is 2.61. The fraction of sp³-hybridized carbons (Fsp3) is 0.333. The van der Waals surface area contributed by atoms with Crippen LogP contribution in [0, 0.1) is 0 Å².